The molecule has 5 nitrogen and oxygen atoms in total. The number of carbonyl (C=O) groups excluding carboxylic acids is 1. The summed E-state index contributed by atoms with van der Waals surface area (Å²) >= 11 is 6.13. The third-order valence-electron chi connectivity index (χ3n) is 8.03. The van der Waals surface area contributed by atoms with Crippen molar-refractivity contribution in [1.29, 1.82) is 0 Å². The molecule has 1 saturated heterocycles. The van der Waals surface area contributed by atoms with E-state index in [0.29, 0.717) is 23.9 Å². The van der Waals surface area contributed by atoms with E-state index in [9.17, 15) is 4.79 Å². The van der Waals surface area contributed by atoms with E-state index in [1.807, 2.05) is 12.1 Å². The number of aromatic nitrogens is 2. The molecule has 0 spiro atoms. The number of carbonyl (C=O) groups is 1. The smallest absolute Gasteiger partial charge is 0.254 e. The molecule has 1 amide bonds. The topological polar surface area (TPSA) is 58.1 Å². The first-order chi connectivity index (χ1) is 18.1. The molecule has 0 unspecified atom stereocenters. The van der Waals surface area contributed by atoms with Gasteiger partial charge in [-0.1, -0.05) is 67.3 Å². The molecule has 1 N–H and O–H groups in total. The van der Waals surface area contributed by atoms with Gasteiger partial charge in [0, 0.05) is 24.3 Å². The number of benzene rings is 2. The standard InChI is InChI=1S/C31H37ClN4O/c1-22-8-5-6-11-24(22)15-18-28-27(30(37)33-20-23-9-3-2-4-10-23)21-34-31(35-28)36-19-7-12-29(36)25-13-16-26(32)17-14-25/h5-6,8,11,13-14,16-17,21,23,29H,2-4,7,9-10,12,15,18-20H2,1H3,(H,33,37)/t29-/m1/s1. The van der Waals surface area contributed by atoms with Gasteiger partial charge in [-0.15, -0.1) is 0 Å². The van der Waals surface area contributed by atoms with Crippen molar-refractivity contribution >= 4 is 23.5 Å². The molecule has 1 aliphatic carbocycles. The number of hydrogen-bond donors (Lipinski definition) is 1. The number of amides is 1. The molecule has 5 rings (SSSR count). The summed E-state index contributed by atoms with van der Waals surface area (Å²) in [6.45, 7) is 3.78. The number of hydrogen-bond acceptors (Lipinski definition) is 4. The van der Waals surface area contributed by atoms with Crippen LogP contribution in [0.2, 0.25) is 5.02 Å². The number of rotatable bonds is 8. The van der Waals surface area contributed by atoms with E-state index >= 15 is 0 Å². The average molecular weight is 517 g/mol. The molecule has 1 aliphatic heterocycles. The highest BCUT2D eigenvalue weighted by molar-refractivity contribution is 6.30. The van der Waals surface area contributed by atoms with Crippen LogP contribution in [0, 0.1) is 12.8 Å². The molecule has 6 heteroatoms. The van der Waals surface area contributed by atoms with Gasteiger partial charge in [-0.3, -0.25) is 4.79 Å². The monoisotopic (exact) mass is 516 g/mol. The highest BCUT2D eigenvalue weighted by Crippen LogP contribution is 2.35. The summed E-state index contributed by atoms with van der Waals surface area (Å²) in [7, 11) is 0. The summed E-state index contributed by atoms with van der Waals surface area (Å²) in [4.78, 5) is 25.4. The molecular formula is C31H37ClN4O. The molecule has 0 radical (unpaired) electrons. The van der Waals surface area contributed by atoms with Crippen LogP contribution in [0.3, 0.4) is 0 Å². The van der Waals surface area contributed by atoms with E-state index < -0.39 is 0 Å². The summed E-state index contributed by atoms with van der Waals surface area (Å²) in [5.41, 5.74) is 5.21. The Hall–Kier alpha value is -2.92. The number of aryl methyl sites for hydroxylation is 3. The van der Waals surface area contributed by atoms with Gasteiger partial charge >= 0.3 is 0 Å². The van der Waals surface area contributed by atoms with Crippen LogP contribution in [0.15, 0.2) is 54.7 Å². The van der Waals surface area contributed by atoms with Crippen molar-refractivity contribution in [2.45, 2.75) is 70.8 Å². The number of nitrogens with zero attached hydrogens (tertiary/aromatic N) is 3. The molecule has 2 fully saturated rings. The Morgan fingerprint density at radius 2 is 1.78 bits per heavy atom. The van der Waals surface area contributed by atoms with Crippen LogP contribution < -0.4 is 10.2 Å². The number of nitrogens with one attached hydrogen (secondary N) is 1. The van der Waals surface area contributed by atoms with E-state index in [2.05, 4.69) is 53.5 Å². The molecule has 2 heterocycles. The average Bonchev–Trinajstić information content (AvgIpc) is 3.42. The van der Waals surface area contributed by atoms with Gasteiger partial charge < -0.3 is 10.2 Å². The first-order valence-corrected chi connectivity index (χ1v) is 14.2. The van der Waals surface area contributed by atoms with Crippen molar-refractivity contribution in [2.75, 3.05) is 18.0 Å². The van der Waals surface area contributed by atoms with Gasteiger partial charge in [0.2, 0.25) is 5.95 Å². The van der Waals surface area contributed by atoms with Crippen molar-refractivity contribution in [3.8, 4) is 0 Å². The Bertz CT molecular complexity index is 1210. The maximum atomic E-state index is 13.3. The van der Waals surface area contributed by atoms with Gasteiger partial charge in [-0.2, -0.15) is 0 Å². The summed E-state index contributed by atoms with van der Waals surface area (Å²) < 4.78 is 0. The highest BCUT2D eigenvalue weighted by atomic mass is 35.5. The Morgan fingerprint density at radius 1 is 1.00 bits per heavy atom. The van der Waals surface area contributed by atoms with Gasteiger partial charge in [-0.05, 0) is 80.2 Å². The zero-order valence-corrected chi connectivity index (χ0v) is 22.5. The van der Waals surface area contributed by atoms with Gasteiger partial charge in [-0.25, -0.2) is 9.97 Å². The van der Waals surface area contributed by atoms with Crippen LogP contribution in [0.5, 0.6) is 0 Å². The van der Waals surface area contributed by atoms with Gasteiger partial charge in [0.1, 0.15) is 0 Å². The Balaban J connectivity index is 1.39. The molecule has 3 aromatic rings. The zero-order chi connectivity index (χ0) is 25.6. The van der Waals surface area contributed by atoms with Crippen molar-refractivity contribution in [3.05, 3.63) is 87.7 Å². The van der Waals surface area contributed by atoms with Crippen molar-refractivity contribution in [2.24, 2.45) is 5.92 Å². The van der Waals surface area contributed by atoms with Gasteiger partial charge in [0.05, 0.1) is 17.3 Å². The predicted molar refractivity (Wildman–Crippen MR) is 150 cm³/mol. The largest absolute Gasteiger partial charge is 0.352 e. The van der Waals surface area contributed by atoms with E-state index in [1.54, 1.807) is 6.20 Å². The van der Waals surface area contributed by atoms with E-state index in [0.717, 1.165) is 43.1 Å². The summed E-state index contributed by atoms with van der Waals surface area (Å²) in [6, 6.07) is 16.7. The Labute approximate surface area is 225 Å². The third-order valence-corrected chi connectivity index (χ3v) is 8.28. The Morgan fingerprint density at radius 3 is 2.57 bits per heavy atom. The third kappa shape index (κ3) is 6.32. The van der Waals surface area contributed by atoms with Crippen molar-refractivity contribution in [3.63, 3.8) is 0 Å². The van der Waals surface area contributed by atoms with E-state index in [-0.39, 0.29) is 11.9 Å². The molecule has 194 valence electrons. The molecule has 1 saturated carbocycles. The minimum Gasteiger partial charge on any atom is -0.352 e. The molecule has 2 aliphatic rings. The zero-order valence-electron chi connectivity index (χ0n) is 21.8. The quantitative estimate of drug-likeness (QED) is 0.354. The maximum absolute atomic E-state index is 13.3. The van der Waals surface area contributed by atoms with Crippen LogP contribution in [0.4, 0.5) is 5.95 Å². The van der Waals surface area contributed by atoms with Gasteiger partial charge in [0.15, 0.2) is 0 Å². The second-order valence-electron chi connectivity index (χ2n) is 10.6. The number of anilines is 1. The first kappa shape index (κ1) is 25.7. The van der Waals surface area contributed by atoms with Crippen LogP contribution in [0.1, 0.15) is 83.7 Å². The second-order valence-corrected chi connectivity index (χ2v) is 11.0. The van der Waals surface area contributed by atoms with Gasteiger partial charge in [0.25, 0.3) is 5.91 Å². The molecule has 37 heavy (non-hydrogen) atoms. The summed E-state index contributed by atoms with van der Waals surface area (Å²) in [5.74, 6) is 1.24. The molecule has 2 aromatic carbocycles. The van der Waals surface area contributed by atoms with E-state index in [1.165, 1.54) is 48.8 Å². The van der Waals surface area contributed by atoms with Crippen LogP contribution in [0.25, 0.3) is 0 Å². The normalized spacial score (nSPS) is 18.2. The van der Waals surface area contributed by atoms with Crippen LogP contribution >= 0.6 is 11.6 Å². The fourth-order valence-corrected chi connectivity index (χ4v) is 5.96. The van der Waals surface area contributed by atoms with Crippen LogP contribution in [-0.2, 0) is 12.8 Å². The molecular weight excluding hydrogens is 480 g/mol. The minimum atomic E-state index is -0.0485. The lowest BCUT2D eigenvalue weighted by atomic mass is 9.89. The lowest BCUT2D eigenvalue weighted by Crippen LogP contribution is -2.32. The Kier molecular flexibility index (Phi) is 8.40. The van der Waals surface area contributed by atoms with Crippen LogP contribution in [-0.4, -0.2) is 29.0 Å². The maximum Gasteiger partial charge on any atom is 0.254 e. The summed E-state index contributed by atoms with van der Waals surface area (Å²) in [5, 5.41) is 3.94. The first-order valence-electron chi connectivity index (χ1n) is 13.8. The molecule has 0 bridgehead atoms. The fraction of sp³-hybridized carbons (Fsp3) is 0.452. The highest BCUT2D eigenvalue weighted by Gasteiger charge is 2.29. The minimum absolute atomic E-state index is 0.0485. The SMILES string of the molecule is Cc1ccccc1CCc1nc(N2CCC[C@@H]2c2ccc(Cl)cc2)ncc1C(=O)NCC1CCCCC1. The summed E-state index contributed by atoms with van der Waals surface area (Å²) in [6.07, 6.45) is 11.7. The van der Waals surface area contributed by atoms with Crippen molar-refractivity contribution in [1.82, 2.24) is 15.3 Å². The fourth-order valence-electron chi connectivity index (χ4n) is 5.83. The van der Waals surface area contributed by atoms with E-state index in [4.69, 9.17) is 21.6 Å². The van der Waals surface area contributed by atoms with Crippen molar-refractivity contribution < 1.29 is 4.79 Å². The number of halogens is 1. The molecule has 1 atom stereocenters. The predicted octanol–water partition coefficient (Wildman–Crippen LogP) is 6.88. The lowest BCUT2D eigenvalue weighted by Gasteiger charge is -2.26. The second kappa shape index (κ2) is 12.1. The lowest BCUT2D eigenvalue weighted by molar-refractivity contribution is 0.0941. The molecule has 1 aromatic heterocycles.